The van der Waals surface area contributed by atoms with Gasteiger partial charge < -0.3 is 0 Å². The summed E-state index contributed by atoms with van der Waals surface area (Å²) in [6.45, 7) is 2.40. The normalized spacial score (nSPS) is 23.6. The molecule has 1 aromatic carbocycles. The van der Waals surface area contributed by atoms with Gasteiger partial charge in [-0.1, -0.05) is 25.1 Å². The maximum absolute atomic E-state index is 14.1. The fourth-order valence-electron chi connectivity index (χ4n) is 6.49. The molecule has 0 amide bonds. The zero-order chi connectivity index (χ0) is 24.4. The Morgan fingerprint density at radius 1 is 0.972 bits per heavy atom. The van der Waals surface area contributed by atoms with E-state index in [4.69, 9.17) is 9.97 Å². The van der Waals surface area contributed by atoms with E-state index in [1.165, 1.54) is 35.8 Å². The highest BCUT2D eigenvalue weighted by atomic mass is 32.1. The van der Waals surface area contributed by atoms with Crippen molar-refractivity contribution in [3.05, 3.63) is 59.9 Å². The van der Waals surface area contributed by atoms with Crippen molar-refractivity contribution in [2.75, 3.05) is 0 Å². The molecule has 36 heavy (non-hydrogen) atoms. The van der Waals surface area contributed by atoms with Crippen molar-refractivity contribution >= 4 is 32.5 Å². The first-order valence-corrected chi connectivity index (χ1v) is 13.4. The molecule has 4 heterocycles. The molecule has 2 bridgehead atoms. The van der Waals surface area contributed by atoms with E-state index in [-0.39, 0.29) is 5.65 Å². The molecule has 0 unspecified atom stereocenters. The first-order valence-electron chi connectivity index (χ1n) is 12.6. The maximum atomic E-state index is 14.1. The van der Waals surface area contributed by atoms with Crippen LogP contribution in [-0.4, -0.2) is 25.1 Å². The summed E-state index contributed by atoms with van der Waals surface area (Å²) in [5, 5.41) is 8.54. The molecular formula is C28H25F2N5S. The van der Waals surface area contributed by atoms with Gasteiger partial charge in [0.15, 0.2) is 17.3 Å². The van der Waals surface area contributed by atoms with E-state index < -0.39 is 11.8 Å². The smallest absolute Gasteiger partial charge is 0.251 e. The third-order valence-corrected chi connectivity index (χ3v) is 9.56. The fraction of sp³-hybridized carbons (Fsp3) is 0.357. The molecule has 5 aromatic rings. The number of halogens is 2. The molecule has 0 aliphatic heterocycles. The Balaban J connectivity index is 1.36. The molecule has 0 radical (unpaired) electrons. The lowest BCUT2D eigenvalue weighted by atomic mass is 9.58. The summed E-state index contributed by atoms with van der Waals surface area (Å²) < 4.78 is 29.0. The molecule has 3 saturated carbocycles. The second-order valence-electron chi connectivity index (χ2n) is 10.3. The van der Waals surface area contributed by atoms with Gasteiger partial charge in [0, 0.05) is 10.4 Å². The van der Waals surface area contributed by atoms with Gasteiger partial charge in [-0.15, -0.1) is 11.3 Å². The molecule has 8 rings (SSSR count). The van der Waals surface area contributed by atoms with E-state index in [1.807, 2.05) is 12.1 Å². The molecule has 8 heteroatoms. The Bertz CT molecular complexity index is 1570. The molecule has 3 aliphatic carbocycles. The Kier molecular flexibility index (Phi) is 5.13. The summed E-state index contributed by atoms with van der Waals surface area (Å²) in [7, 11) is 0. The van der Waals surface area contributed by atoms with Crippen LogP contribution in [0.15, 0.2) is 42.5 Å². The van der Waals surface area contributed by atoms with Crippen molar-refractivity contribution in [2.24, 2.45) is 23.7 Å². The van der Waals surface area contributed by atoms with Gasteiger partial charge >= 0.3 is 0 Å². The first-order chi connectivity index (χ1) is 17.5. The minimum atomic E-state index is -1.16. The molecule has 0 saturated heterocycles. The van der Waals surface area contributed by atoms with Crippen LogP contribution in [0.3, 0.4) is 0 Å². The highest BCUT2D eigenvalue weighted by Gasteiger charge is 2.41. The number of pyridine rings is 1. The Morgan fingerprint density at radius 3 is 2.58 bits per heavy atom. The summed E-state index contributed by atoms with van der Waals surface area (Å²) in [5.74, 6) is 1.08. The third kappa shape index (κ3) is 3.61. The molecule has 3 aliphatic rings. The topological polar surface area (TPSA) is 67.3 Å². The van der Waals surface area contributed by atoms with Crippen molar-refractivity contribution in [3.63, 3.8) is 0 Å². The van der Waals surface area contributed by atoms with Crippen LogP contribution in [0.1, 0.15) is 38.3 Å². The van der Waals surface area contributed by atoms with E-state index in [0.717, 1.165) is 40.6 Å². The van der Waals surface area contributed by atoms with Gasteiger partial charge in [-0.2, -0.15) is 14.5 Å². The highest BCUT2D eigenvalue weighted by Crippen LogP contribution is 2.49. The summed E-state index contributed by atoms with van der Waals surface area (Å²) in [4.78, 5) is 14.5. The number of nitrogens with one attached hydrogen (secondary N) is 1. The zero-order valence-corrected chi connectivity index (χ0v) is 20.7. The maximum Gasteiger partial charge on any atom is 0.251 e. The number of aromatic amines is 1. The van der Waals surface area contributed by atoms with E-state index in [0.29, 0.717) is 28.7 Å². The van der Waals surface area contributed by atoms with Gasteiger partial charge in [-0.25, -0.2) is 14.4 Å². The molecule has 1 N–H and O–H groups in total. The minimum Gasteiger partial charge on any atom is -0.272 e. The average Bonchev–Trinajstić information content (AvgIpc) is 3.51. The standard InChI is InChI=1S/C28H25F2N5S/c1-14-15-6-8-16(9-7-15)19(14)11-18-12-22(24-10-17-4-2-3-5-23(17)36-24)32-28(31-18)25-20-13-21(29)26(30)33-27(20)35-34-25/h2-5,10,12-16,19H,6-9,11H2,1H3,(H,33,34,35)/t14-,15?,16?,19+/m0/s1. The predicted octanol–water partition coefficient (Wildman–Crippen LogP) is 7.19. The van der Waals surface area contributed by atoms with Crippen molar-refractivity contribution in [2.45, 2.75) is 39.0 Å². The monoisotopic (exact) mass is 501 g/mol. The van der Waals surface area contributed by atoms with Crippen LogP contribution in [0.5, 0.6) is 0 Å². The molecule has 5 nitrogen and oxygen atoms in total. The van der Waals surface area contributed by atoms with Crippen molar-refractivity contribution in [1.29, 1.82) is 0 Å². The van der Waals surface area contributed by atoms with Crippen LogP contribution in [0.25, 0.3) is 43.2 Å². The van der Waals surface area contributed by atoms with Crippen molar-refractivity contribution in [3.8, 4) is 22.1 Å². The average molecular weight is 502 g/mol. The van der Waals surface area contributed by atoms with Crippen molar-refractivity contribution < 1.29 is 8.78 Å². The highest BCUT2D eigenvalue weighted by molar-refractivity contribution is 7.22. The number of H-pyrrole nitrogens is 1. The second kappa shape index (κ2) is 8.40. The molecule has 182 valence electrons. The molecule has 2 atom stereocenters. The van der Waals surface area contributed by atoms with Crippen LogP contribution < -0.4 is 0 Å². The lowest BCUT2D eigenvalue weighted by Crippen LogP contribution is -2.39. The molecule has 0 spiro atoms. The second-order valence-corrected chi connectivity index (χ2v) is 11.4. The number of rotatable bonds is 4. The Labute approximate surface area is 211 Å². The van der Waals surface area contributed by atoms with Crippen LogP contribution in [0, 0.1) is 35.4 Å². The number of thiophene rings is 1. The number of hydrogen-bond acceptors (Lipinski definition) is 5. The van der Waals surface area contributed by atoms with Gasteiger partial charge in [-0.3, -0.25) is 5.10 Å². The lowest BCUT2D eigenvalue weighted by molar-refractivity contribution is 0.0339. The van der Waals surface area contributed by atoms with Crippen LogP contribution in [0.4, 0.5) is 8.78 Å². The van der Waals surface area contributed by atoms with Crippen LogP contribution in [0.2, 0.25) is 0 Å². The third-order valence-electron chi connectivity index (χ3n) is 8.42. The van der Waals surface area contributed by atoms with E-state index >= 15 is 0 Å². The van der Waals surface area contributed by atoms with Crippen LogP contribution in [-0.2, 0) is 6.42 Å². The van der Waals surface area contributed by atoms with Gasteiger partial charge in [0.05, 0.1) is 16.0 Å². The Hall–Kier alpha value is -3.26. The number of nitrogens with zero attached hydrogens (tertiary/aromatic N) is 4. The molecule has 3 fully saturated rings. The van der Waals surface area contributed by atoms with Gasteiger partial charge in [-0.05, 0) is 85.4 Å². The predicted molar refractivity (Wildman–Crippen MR) is 137 cm³/mol. The largest absolute Gasteiger partial charge is 0.272 e. The number of aromatic nitrogens is 5. The quantitative estimate of drug-likeness (QED) is 0.265. The lowest BCUT2D eigenvalue weighted by Gasteiger charge is -2.47. The number of fused-ring (bicyclic) bond motifs is 5. The number of benzene rings is 1. The molecular weight excluding hydrogens is 476 g/mol. The van der Waals surface area contributed by atoms with Crippen molar-refractivity contribution in [1.82, 2.24) is 25.1 Å². The summed E-state index contributed by atoms with van der Waals surface area (Å²) in [5.41, 5.74) is 2.39. The fourth-order valence-corrected chi connectivity index (χ4v) is 7.51. The van der Waals surface area contributed by atoms with Gasteiger partial charge in [0.1, 0.15) is 5.69 Å². The minimum absolute atomic E-state index is 0.111. The van der Waals surface area contributed by atoms with E-state index in [9.17, 15) is 8.78 Å². The summed E-state index contributed by atoms with van der Waals surface area (Å²) >= 11 is 1.69. The van der Waals surface area contributed by atoms with Gasteiger partial charge in [0.2, 0.25) is 0 Å². The zero-order valence-electron chi connectivity index (χ0n) is 19.8. The SMILES string of the molecule is C[C@H]1C2CCC(CC2)[C@@H]1Cc1cc(-c2cc3ccccc3s2)nc(-c2[nH]nc3nc(F)c(F)cc23)n1. The Morgan fingerprint density at radius 2 is 1.78 bits per heavy atom. The van der Waals surface area contributed by atoms with E-state index in [1.54, 1.807) is 11.3 Å². The summed E-state index contributed by atoms with van der Waals surface area (Å²) in [6, 6.07) is 13.7. The number of hydrogen-bond donors (Lipinski definition) is 1. The summed E-state index contributed by atoms with van der Waals surface area (Å²) in [6.07, 6.45) is 6.20. The first kappa shape index (κ1) is 22.0. The van der Waals surface area contributed by atoms with Gasteiger partial charge in [0.25, 0.3) is 5.95 Å². The molecule has 4 aromatic heterocycles. The van der Waals surface area contributed by atoms with E-state index in [2.05, 4.69) is 46.4 Å². The van der Waals surface area contributed by atoms with Crippen LogP contribution >= 0.6 is 11.3 Å².